The van der Waals surface area contributed by atoms with E-state index in [-0.39, 0.29) is 11.8 Å². The summed E-state index contributed by atoms with van der Waals surface area (Å²) in [5.74, 6) is 1.22. The molecule has 0 bridgehead atoms. The molecule has 1 heterocycles. The van der Waals surface area contributed by atoms with Crippen LogP contribution in [0.3, 0.4) is 0 Å². The van der Waals surface area contributed by atoms with Crippen LogP contribution in [0.15, 0.2) is 12.4 Å². The molecule has 2 fully saturated rings. The van der Waals surface area contributed by atoms with Crippen molar-refractivity contribution in [2.75, 3.05) is 5.32 Å². The van der Waals surface area contributed by atoms with E-state index in [1.54, 1.807) is 6.20 Å². The summed E-state index contributed by atoms with van der Waals surface area (Å²) in [6.07, 6.45) is 9.62. The zero-order chi connectivity index (χ0) is 11.0. The van der Waals surface area contributed by atoms with E-state index in [0.717, 1.165) is 31.0 Å². The standard InChI is InChI=1S/C12H17N3O/c16-12(10-2-1-3-10)14-11-6-13-15(8-11)7-9-4-5-9/h6,8-10H,1-5,7H2,(H,14,16). The van der Waals surface area contributed by atoms with Gasteiger partial charge in [0.05, 0.1) is 11.9 Å². The van der Waals surface area contributed by atoms with E-state index in [9.17, 15) is 4.79 Å². The largest absolute Gasteiger partial charge is 0.323 e. The monoisotopic (exact) mass is 219 g/mol. The van der Waals surface area contributed by atoms with Gasteiger partial charge in [-0.05, 0) is 31.6 Å². The number of carbonyl (C=O) groups is 1. The Bertz CT molecular complexity index is 391. The van der Waals surface area contributed by atoms with Gasteiger partial charge in [0.2, 0.25) is 5.91 Å². The molecule has 2 aliphatic carbocycles. The van der Waals surface area contributed by atoms with Crippen molar-refractivity contribution in [1.29, 1.82) is 0 Å². The molecule has 1 aromatic heterocycles. The molecule has 0 aliphatic heterocycles. The number of nitrogens with zero attached hydrogens (tertiary/aromatic N) is 2. The highest BCUT2D eigenvalue weighted by atomic mass is 16.1. The summed E-state index contributed by atoms with van der Waals surface area (Å²) in [7, 11) is 0. The van der Waals surface area contributed by atoms with E-state index in [4.69, 9.17) is 0 Å². The van der Waals surface area contributed by atoms with Crippen LogP contribution in [-0.4, -0.2) is 15.7 Å². The van der Waals surface area contributed by atoms with Crippen LogP contribution in [0.2, 0.25) is 0 Å². The van der Waals surface area contributed by atoms with Gasteiger partial charge in [0.1, 0.15) is 0 Å². The molecular formula is C12H17N3O. The molecule has 1 aromatic rings. The Balaban J connectivity index is 1.56. The predicted molar refractivity (Wildman–Crippen MR) is 60.9 cm³/mol. The molecule has 1 amide bonds. The fraction of sp³-hybridized carbons (Fsp3) is 0.667. The summed E-state index contributed by atoms with van der Waals surface area (Å²) in [5, 5.41) is 7.19. The van der Waals surface area contributed by atoms with E-state index >= 15 is 0 Å². The first-order valence-corrected chi connectivity index (χ1v) is 6.14. The number of aromatic nitrogens is 2. The Morgan fingerprint density at radius 3 is 2.88 bits per heavy atom. The fourth-order valence-corrected chi connectivity index (χ4v) is 2.01. The molecule has 16 heavy (non-hydrogen) atoms. The first-order chi connectivity index (χ1) is 7.81. The summed E-state index contributed by atoms with van der Waals surface area (Å²) >= 11 is 0. The van der Waals surface area contributed by atoms with E-state index in [1.807, 2.05) is 10.9 Å². The molecule has 0 saturated heterocycles. The average Bonchev–Trinajstić information content (AvgIpc) is 2.84. The van der Waals surface area contributed by atoms with Gasteiger partial charge in [-0.3, -0.25) is 9.48 Å². The summed E-state index contributed by atoms with van der Waals surface area (Å²) in [5.41, 5.74) is 0.845. The SMILES string of the molecule is O=C(Nc1cnn(CC2CC2)c1)C1CCC1. The highest BCUT2D eigenvalue weighted by Gasteiger charge is 2.26. The first kappa shape index (κ1) is 9.87. The van der Waals surface area contributed by atoms with E-state index in [1.165, 1.54) is 19.3 Å². The third-order valence-corrected chi connectivity index (χ3v) is 3.52. The summed E-state index contributed by atoms with van der Waals surface area (Å²) in [4.78, 5) is 11.7. The third kappa shape index (κ3) is 2.10. The number of anilines is 1. The maximum absolute atomic E-state index is 11.7. The van der Waals surface area contributed by atoms with E-state index < -0.39 is 0 Å². The maximum atomic E-state index is 11.7. The first-order valence-electron chi connectivity index (χ1n) is 6.14. The molecule has 1 N–H and O–H groups in total. The fourth-order valence-electron chi connectivity index (χ4n) is 2.01. The molecule has 0 atom stereocenters. The summed E-state index contributed by atoms with van der Waals surface area (Å²) in [6.45, 7) is 0.999. The number of amides is 1. The number of hydrogen-bond acceptors (Lipinski definition) is 2. The van der Waals surface area contributed by atoms with Crippen molar-refractivity contribution in [2.24, 2.45) is 11.8 Å². The topological polar surface area (TPSA) is 46.9 Å². The van der Waals surface area contributed by atoms with Crippen LogP contribution in [0.4, 0.5) is 5.69 Å². The molecule has 0 spiro atoms. The van der Waals surface area contributed by atoms with Crippen molar-refractivity contribution < 1.29 is 4.79 Å². The van der Waals surface area contributed by atoms with Crippen LogP contribution >= 0.6 is 0 Å². The van der Waals surface area contributed by atoms with Crippen molar-refractivity contribution in [3.05, 3.63) is 12.4 Å². The number of carbonyl (C=O) groups excluding carboxylic acids is 1. The second-order valence-electron chi connectivity index (χ2n) is 5.01. The maximum Gasteiger partial charge on any atom is 0.227 e. The smallest absolute Gasteiger partial charge is 0.227 e. The lowest BCUT2D eigenvalue weighted by Crippen LogP contribution is -2.27. The molecule has 4 nitrogen and oxygen atoms in total. The molecular weight excluding hydrogens is 202 g/mol. The predicted octanol–water partition coefficient (Wildman–Crippen LogP) is 2.03. The van der Waals surface area contributed by atoms with Crippen molar-refractivity contribution >= 4 is 11.6 Å². The Morgan fingerprint density at radius 1 is 1.44 bits per heavy atom. The van der Waals surface area contributed by atoms with Crippen LogP contribution in [0.25, 0.3) is 0 Å². The van der Waals surface area contributed by atoms with Crippen molar-refractivity contribution in [2.45, 2.75) is 38.6 Å². The van der Waals surface area contributed by atoms with Gasteiger partial charge in [-0.15, -0.1) is 0 Å². The van der Waals surface area contributed by atoms with Crippen LogP contribution in [-0.2, 0) is 11.3 Å². The lowest BCUT2D eigenvalue weighted by Gasteiger charge is -2.23. The molecule has 3 rings (SSSR count). The molecule has 86 valence electrons. The molecule has 0 unspecified atom stereocenters. The highest BCUT2D eigenvalue weighted by Crippen LogP contribution is 2.31. The van der Waals surface area contributed by atoms with Crippen LogP contribution in [0.1, 0.15) is 32.1 Å². The Labute approximate surface area is 95.0 Å². The van der Waals surface area contributed by atoms with Gasteiger partial charge >= 0.3 is 0 Å². The highest BCUT2D eigenvalue weighted by molar-refractivity contribution is 5.92. The van der Waals surface area contributed by atoms with Gasteiger partial charge in [0.25, 0.3) is 0 Å². The van der Waals surface area contributed by atoms with Gasteiger partial charge in [0, 0.05) is 18.7 Å². The van der Waals surface area contributed by atoms with Gasteiger partial charge in [-0.25, -0.2) is 0 Å². The van der Waals surface area contributed by atoms with Crippen LogP contribution in [0.5, 0.6) is 0 Å². The molecule has 0 aromatic carbocycles. The van der Waals surface area contributed by atoms with Crippen LogP contribution in [0, 0.1) is 11.8 Å². The zero-order valence-corrected chi connectivity index (χ0v) is 9.35. The Kier molecular flexibility index (Phi) is 2.42. The summed E-state index contributed by atoms with van der Waals surface area (Å²) < 4.78 is 1.94. The zero-order valence-electron chi connectivity index (χ0n) is 9.35. The Hall–Kier alpha value is -1.32. The van der Waals surface area contributed by atoms with Crippen molar-refractivity contribution in [3.63, 3.8) is 0 Å². The van der Waals surface area contributed by atoms with E-state index in [0.29, 0.717) is 0 Å². The second kappa shape index (κ2) is 3.92. The lowest BCUT2D eigenvalue weighted by atomic mass is 9.85. The van der Waals surface area contributed by atoms with Gasteiger partial charge in [0.15, 0.2) is 0 Å². The van der Waals surface area contributed by atoms with Crippen LogP contribution < -0.4 is 5.32 Å². The number of hydrogen-bond donors (Lipinski definition) is 1. The lowest BCUT2D eigenvalue weighted by molar-refractivity contribution is -0.122. The van der Waals surface area contributed by atoms with E-state index in [2.05, 4.69) is 10.4 Å². The third-order valence-electron chi connectivity index (χ3n) is 3.52. The van der Waals surface area contributed by atoms with Crippen molar-refractivity contribution in [3.8, 4) is 0 Å². The van der Waals surface area contributed by atoms with Crippen molar-refractivity contribution in [1.82, 2.24) is 9.78 Å². The average molecular weight is 219 g/mol. The quantitative estimate of drug-likeness (QED) is 0.842. The molecule has 2 saturated carbocycles. The second-order valence-corrected chi connectivity index (χ2v) is 5.01. The minimum Gasteiger partial charge on any atom is -0.323 e. The summed E-state index contributed by atoms with van der Waals surface area (Å²) in [6, 6.07) is 0. The number of nitrogens with one attached hydrogen (secondary N) is 1. The van der Waals surface area contributed by atoms with Gasteiger partial charge in [-0.2, -0.15) is 5.10 Å². The van der Waals surface area contributed by atoms with Gasteiger partial charge in [-0.1, -0.05) is 6.42 Å². The van der Waals surface area contributed by atoms with Gasteiger partial charge < -0.3 is 5.32 Å². The number of rotatable bonds is 4. The molecule has 0 radical (unpaired) electrons. The minimum absolute atomic E-state index is 0.164. The normalized spacial score (nSPS) is 20.5. The molecule has 4 heteroatoms. The molecule has 2 aliphatic rings. The minimum atomic E-state index is 0.164. The Morgan fingerprint density at radius 2 is 2.25 bits per heavy atom.